The van der Waals surface area contributed by atoms with Crippen molar-refractivity contribution in [1.82, 2.24) is 20.2 Å². The molecule has 206 valence electrons. The van der Waals surface area contributed by atoms with E-state index in [0.29, 0.717) is 41.6 Å². The maximum absolute atomic E-state index is 16.6. The van der Waals surface area contributed by atoms with Crippen LogP contribution in [0.4, 0.5) is 10.1 Å². The Hall–Kier alpha value is -3.75. The monoisotopic (exact) mass is 539 g/mol. The number of nitrogens with one attached hydrogen (secondary N) is 1. The van der Waals surface area contributed by atoms with Crippen molar-refractivity contribution in [2.75, 3.05) is 38.2 Å². The standard InChI is InChI=1S/C32H34FN5O2/c1-3-19-6-4-7-20-12-24(39)13-25(29(19)20)31-30(33)32-26(15-34-31)27(38-16-21-9-10-22(17-38)35-21)14-28(36-32)40-18-23-8-5-11-37(23)2/h3-4,6-7,12-15,21-23,35,39H,1,5,8-11,16-18H2,2H3/t21?,22?,23-/m0/s1. The summed E-state index contributed by atoms with van der Waals surface area (Å²) in [6, 6.07) is 12.1. The second-order valence-corrected chi connectivity index (χ2v) is 11.4. The van der Waals surface area contributed by atoms with Crippen molar-refractivity contribution in [2.24, 2.45) is 0 Å². The van der Waals surface area contributed by atoms with Crippen LogP contribution >= 0.6 is 0 Å². The molecule has 40 heavy (non-hydrogen) atoms. The smallest absolute Gasteiger partial charge is 0.216 e. The Balaban J connectivity index is 1.38. The van der Waals surface area contributed by atoms with Crippen molar-refractivity contribution in [2.45, 2.75) is 43.8 Å². The third-order valence-corrected chi connectivity index (χ3v) is 8.87. The Kier molecular flexibility index (Phi) is 6.32. The first-order valence-corrected chi connectivity index (χ1v) is 14.2. The SMILES string of the molecule is C=Cc1cccc2cc(O)cc(-c3ncc4c(N5CC6CCC(C5)N6)cc(OC[C@@H]5CCCN5C)nc4c3F)c12. The number of phenolic OH excluding ortho intramolecular Hbond substituents is 1. The van der Waals surface area contributed by atoms with Gasteiger partial charge in [0.2, 0.25) is 5.88 Å². The van der Waals surface area contributed by atoms with Gasteiger partial charge in [-0.05, 0) is 67.7 Å². The van der Waals surface area contributed by atoms with Gasteiger partial charge in [0.25, 0.3) is 0 Å². The Morgan fingerprint density at radius 2 is 2.00 bits per heavy atom. The van der Waals surface area contributed by atoms with Gasteiger partial charge in [-0.3, -0.25) is 4.98 Å². The van der Waals surface area contributed by atoms with Crippen LogP contribution in [0, 0.1) is 5.82 Å². The molecule has 2 N–H and O–H groups in total. The lowest BCUT2D eigenvalue weighted by atomic mass is 9.96. The van der Waals surface area contributed by atoms with Crippen molar-refractivity contribution in [3.63, 3.8) is 0 Å². The molecule has 3 aliphatic rings. The zero-order chi connectivity index (χ0) is 27.4. The molecule has 0 spiro atoms. The number of rotatable bonds is 6. The highest BCUT2D eigenvalue weighted by atomic mass is 19.1. The number of likely N-dealkylation sites (tertiary alicyclic amines) is 1. The van der Waals surface area contributed by atoms with Crippen molar-refractivity contribution < 1.29 is 14.2 Å². The molecule has 3 saturated heterocycles. The van der Waals surface area contributed by atoms with Crippen molar-refractivity contribution in [3.8, 4) is 22.9 Å². The van der Waals surface area contributed by atoms with E-state index in [4.69, 9.17) is 9.72 Å². The van der Waals surface area contributed by atoms with Gasteiger partial charge in [-0.25, -0.2) is 9.37 Å². The number of likely N-dealkylation sites (N-methyl/N-ethyl adjacent to an activating group) is 1. The number of fused-ring (bicyclic) bond motifs is 4. The van der Waals surface area contributed by atoms with Gasteiger partial charge in [-0.2, -0.15) is 0 Å². The van der Waals surface area contributed by atoms with Crippen LogP contribution in [-0.2, 0) is 0 Å². The molecule has 0 amide bonds. The van der Waals surface area contributed by atoms with Crippen LogP contribution in [0.3, 0.4) is 0 Å². The fourth-order valence-corrected chi connectivity index (χ4v) is 6.80. The number of piperazine rings is 1. The summed E-state index contributed by atoms with van der Waals surface area (Å²) < 4.78 is 22.9. The molecule has 2 aromatic heterocycles. The van der Waals surface area contributed by atoms with Gasteiger partial charge in [-0.15, -0.1) is 0 Å². The zero-order valence-electron chi connectivity index (χ0n) is 22.7. The minimum Gasteiger partial charge on any atom is -0.508 e. The minimum absolute atomic E-state index is 0.0488. The van der Waals surface area contributed by atoms with Crippen molar-refractivity contribution >= 4 is 33.4 Å². The molecule has 4 aromatic rings. The molecule has 3 aliphatic heterocycles. The van der Waals surface area contributed by atoms with Crippen molar-refractivity contribution in [1.29, 1.82) is 0 Å². The largest absolute Gasteiger partial charge is 0.508 e. The van der Waals surface area contributed by atoms with Crippen LogP contribution in [0.1, 0.15) is 31.2 Å². The van der Waals surface area contributed by atoms with Crippen LogP contribution < -0.4 is 15.0 Å². The number of anilines is 1. The average molecular weight is 540 g/mol. The quantitative estimate of drug-likeness (QED) is 0.342. The summed E-state index contributed by atoms with van der Waals surface area (Å²) in [5.41, 5.74) is 2.64. The third kappa shape index (κ3) is 4.35. The van der Waals surface area contributed by atoms with E-state index in [0.717, 1.165) is 67.3 Å². The van der Waals surface area contributed by atoms with Crippen LogP contribution in [0.5, 0.6) is 11.6 Å². The van der Waals surface area contributed by atoms with Gasteiger partial charge in [-0.1, -0.05) is 30.9 Å². The molecular formula is C32H34FN5O2. The number of hydrogen-bond donors (Lipinski definition) is 2. The average Bonchev–Trinajstić information content (AvgIpc) is 3.53. The number of ether oxygens (including phenoxy) is 1. The maximum atomic E-state index is 16.6. The van der Waals surface area contributed by atoms with Gasteiger partial charge in [0.15, 0.2) is 5.82 Å². The van der Waals surface area contributed by atoms with Gasteiger partial charge in [0, 0.05) is 54.4 Å². The van der Waals surface area contributed by atoms with E-state index in [1.807, 2.05) is 24.3 Å². The predicted molar refractivity (Wildman–Crippen MR) is 157 cm³/mol. The lowest BCUT2D eigenvalue weighted by Gasteiger charge is -2.35. The van der Waals surface area contributed by atoms with E-state index in [-0.39, 0.29) is 17.0 Å². The van der Waals surface area contributed by atoms with Crippen LogP contribution in [0.2, 0.25) is 0 Å². The normalized spacial score (nSPS) is 22.9. The molecule has 0 saturated carbocycles. The fourth-order valence-electron chi connectivity index (χ4n) is 6.80. The predicted octanol–water partition coefficient (Wildman–Crippen LogP) is 5.35. The molecular weight excluding hydrogens is 505 g/mol. The van der Waals surface area contributed by atoms with Crippen LogP contribution in [0.15, 0.2) is 49.2 Å². The van der Waals surface area contributed by atoms with Gasteiger partial charge < -0.3 is 25.0 Å². The minimum atomic E-state index is -0.522. The van der Waals surface area contributed by atoms with E-state index >= 15 is 4.39 Å². The van der Waals surface area contributed by atoms with Crippen molar-refractivity contribution in [3.05, 3.63) is 60.6 Å². The summed E-state index contributed by atoms with van der Waals surface area (Å²) in [6.45, 7) is 7.22. The number of benzene rings is 2. The van der Waals surface area contributed by atoms with Gasteiger partial charge in [0.05, 0.1) is 5.69 Å². The molecule has 5 heterocycles. The summed E-state index contributed by atoms with van der Waals surface area (Å²) in [6.07, 6.45) is 7.99. The Morgan fingerprint density at radius 1 is 1.18 bits per heavy atom. The van der Waals surface area contributed by atoms with E-state index in [1.54, 1.807) is 24.4 Å². The molecule has 3 fully saturated rings. The number of nitrogens with zero attached hydrogens (tertiary/aromatic N) is 4. The Bertz CT molecular complexity index is 1610. The van der Waals surface area contributed by atoms with E-state index < -0.39 is 5.82 Å². The second kappa shape index (κ2) is 10.0. The summed E-state index contributed by atoms with van der Waals surface area (Å²) in [5.74, 6) is -0.0453. The summed E-state index contributed by atoms with van der Waals surface area (Å²) in [7, 11) is 2.12. The van der Waals surface area contributed by atoms with Crippen LogP contribution in [0.25, 0.3) is 39.0 Å². The maximum Gasteiger partial charge on any atom is 0.216 e. The third-order valence-electron chi connectivity index (χ3n) is 8.87. The highest BCUT2D eigenvalue weighted by Crippen LogP contribution is 2.40. The molecule has 2 unspecified atom stereocenters. The summed E-state index contributed by atoms with van der Waals surface area (Å²) >= 11 is 0. The van der Waals surface area contributed by atoms with Gasteiger partial charge in [0.1, 0.15) is 23.6 Å². The Labute approximate surface area is 233 Å². The number of hydrogen-bond acceptors (Lipinski definition) is 7. The second-order valence-electron chi connectivity index (χ2n) is 11.4. The van der Waals surface area contributed by atoms with E-state index in [9.17, 15) is 5.11 Å². The Morgan fingerprint density at radius 3 is 2.75 bits per heavy atom. The summed E-state index contributed by atoms with van der Waals surface area (Å²) in [4.78, 5) is 14.0. The molecule has 2 bridgehead atoms. The molecule has 7 rings (SSSR count). The molecule has 3 atom stereocenters. The number of pyridine rings is 2. The number of phenols is 1. The fraction of sp³-hybridized carbons (Fsp3) is 0.375. The number of aromatic hydroxyl groups is 1. The summed E-state index contributed by atoms with van der Waals surface area (Å²) in [5, 5.41) is 16.4. The first-order valence-electron chi connectivity index (χ1n) is 14.2. The molecule has 0 radical (unpaired) electrons. The molecule has 8 heteroatoms. The number of halogens is 1. The highest BCUT2D eigenvalue weighted by Gasteiger charge is 2.34. The molecule has 0 aliphatic carbocycles. The van der Waals surface area contributed by atoms with E-state index in [1.165, 1.54) is 0 Å². The molecule has 2 aromatic carbocycles. The highest BCUT2D eigenvalue weighted by molar-refractivity contribution is 6.04. The first-order chi connectivity index (χ1) is 19.5. The molecule has 7 nitrogen and oxygen atoms in total. The van der Waals surface area contributed by atoms with E-state index in [2.05, 4.69) is 33.7 Å². The lowest BCUT2D eigenvalue weighted by Crippen LogP contribution is -2.51. The first kappa shape index (κ1) is 25.2. The topological polar surface area (TPSA) is 73.8 Å². The zero-order valence-corrected chi connectivity index (χ0v) is 22.7. The number of aromatic nitrogens is 2. The van der Waals surface area contributed by atoms with Gasteiger partial charge >= 0.3 is 0 Å². The van der Waals surface area contributed by atoms with Crippen LogP contribution in [-0.4, -0.2) is 71.4 Å². The lowest BCUT2D eigenvalue weighted by molar-refractivity contribution is 0.193.